The molecule has 1 aromatic heterocycles. The molecule has 0 fully saturated rings. The number of rotatable bonds is 5. The van der Waals surface area contributed by atoms with Gasteiger partial charge in [-0.15, -0.1) is 35.0 Å². The van der Waals surface area contributed by atoms with Crippen LogP contribution in [0, 0.1) is 0 Å². The smallest absolute Gasteiger partial charge is 0.243 e. The van der Waals surface area contributed by atoms with Gasteiger partial charge >= 0.3 is 0 Å². The molecule has 0 saturated heterocycles. The Morgan fingerprint density at radius 1 is 1.28 bits per heavy atom. The number of nitrogens with two attached hydrogens (primary N) is 1. The predicted molar refractivity (Wildman–Crippen MR) is 101 cm³/mol. The van der Waals surface area contributed by atoms with Gasteiger partial charge in [-0.3, -0.25) is 4.79 Å². The summed E-state index contributed by atoms with van der Waals surface area (Å²) in [5.41, 5.74) is 7.39. The number of carbonyl (C=O) groups excluding carboxylic acids is 1. The van der Waals surface area contributed by atoms with Crippen LogP contribution in [0.2, 0.25) is 0 Å². The number of amides is 1. The lowest BCUT2D eigenvalue weighted by Gasteiger charge is -2.15. The van der Waals surface area contributed by atoms with Crippen molar-refractivity contribution in [2.45, 2.75) is 31.8 Å². The third-order valence-corrected chi connectivity index (χ3v) is 3.95. The fraction of sp³-hybridized carbons (Fsp3) is 0.438. The number of ether oxygens (including phenoxy) is 1. The molecule has 25 heavy (non-hydrogen) atoms. The molecular formula is C16H23Cl2N5O2. The van der Waals surface area contributed by atoms with E-state index in [-0.39, 0.29) is 37.3 Å². The number of anilines is 1. The highest BCUT2D eigenvalue weighted by atomic mass is 35.5. The van der Waals surface area contributed by atoms with Gasteiger partial charge in [0, 0.05) is 31.3 Å². The van der Waals surface area contributed by atoms with Gasteiger partial charge in [0.15, 0.2) is 5.82 Å². The summed E-state index contributed by atoms with van der Waals surface area (Å²) in [5, 5.41) is 11.3. The fourth-order valence-electron chi connectivity index (χ4n) is 2.71. The molecule has 2 aromatic rings. The first kappa shape index (κ1) is 21.4. The minimum absolute atomic E-state index is 0. The second-order valence-corrected chi connectivity index (χ2v) is 5.68. The number of nitrogens with zero attached hydrogens (tertiary/aromatic N) is 3. The molecule has 1 aliphatic rings. The average molecular weight is 388 g/mol. The van der Waals surface area contributed by atoms with Gasteiger partial charge < -0.3 is 20.4 Å². The van der Waals surface area contributed by atoms with E-state index in [4.69, 9.17) is 10.5 Å². The highest BCUT2D eigenvalue weighted by molar-refractivity contribution is 5.94. The molecule has 1 aromatic carbocycles. The Labute approximate surface area is 159 Å². The van der Waals surface area contributed by atoms with Crippen molar-refractivity contribution in [2.24, 2.45) is 5.73 Å². The first-order valence-corrected chi connectivity index (χ1v) is 7.77. The molecule has 1 amide bonds. The Hall–Kier alpha value is -1.67. The van der Waals surface area contributed by atoms with Crippen molar-refractivity contribution in [1.82, 2.24) is 14.8 Å². The van der Waals surface area contributed by atoms with E-state index < -0.39 is 6.04 Å². The van der Waals surface area contributed by atoms with Gasteiger partial charge in [0.1, 0.15) is 11.9 Å². The molecule has 0 radical (unpaired) electrons. The van der Waals surface area contributed by atoms with Crippen LogP contribution < -0.4 is 11.1 Å². The normalized spacial score (nSPS) is 13.8. The molecule has 2 heterocycles. The third-order valence-electron chi connectivity index (χ3n) is 3.95. The van der Waals surface area contributed by atoms with Crippen LogP contribution in [0.3, 0.4) is 0 Å². The van der Waals surface area contributed by atoms with Gasteiger partial charge in [0.05, 0.1) is 6.61 Å². The molecule has 7 nitrogen and oxygen atoms in total. The minimum Gasteiger partial charge on any atom is -0.383 e. The maximum atomic E-state index is 11.9. The van der Waals surface area contributed by atoms with Gasteiger partial charge in [0.25, 0.3) is 0 Å². The van der Waals surface area contributed by atoms with Crippen molar-refractivity contribution in [2.75, 3.05) is 19.0 Å². The number of aryl methyl sites for hydroxylation is 1. The summed E-state index contributed by atoms with van der Waals surface area (Å²) in [4.78, 5) is 11.9. The Morgan fingerprint density at radius 3 is 2.68 bits per heavy atom. The van der Waals surface area contributed by atoms with Crippen molar-refractivity contribution in [3.05, 3.63) is 30.1 Å². The highest BCUT2D eigenvalue weighted by Gasteiger charge is 2.17. The molecule has 3 rings (SSSR count). The van der Waals surface area contributed by atoms with E-state index in [2.05, 4.69) is 20.1 Å². The summed E-state index contributed by atoms with van der Waals surface area (Å²) in [6.07, 6.45) is 3.31. The molecule has 1 atom stereocenters. The molecule has 0 aliphatic carbocycles. The lowest BCUT2D eigenvalue weighted by molar-refractivity contribution is -0.118. The summed E-state index contributed by atoms with van der Waals surface area (Å²) < 4.78 is 7.05. The van der Waals surface area contributed by atoms with E-state index in [0.29, 0.717) is 5.69 Å². The first-order chi connectivity index (χ1) is 11.2. The van der Waals surface area contributed by atoms with Crippen LogP contribution in [0.25, 0.3) is 11.4 Å². The monoisotopic (exact) mass is 387 g/mol. The van der Waals surface area contributed by atoms with Crippen LogP contribution in [0.1, 0.15) is 18.7 Å². The van der Waals surface area contributed by atoms with Crippen molar-refractivity contribution in [3.63, 3.8) is 0 Å². The Kier molecular flexibility index (Phi) is 8.31. The van der Waals surface area contributed by atoms with E-state index >= 15 is 0 Å². The first-order valence-electron chi connectivity index (χ1n) is 7.77. The van der Waals surface area contributed by atoms with Crippen LogP contribution in [-0.2, 0) is 22.5 Å². The molecule has 0 spiro atoms. The molecule has 138 valence electrons. The predicted octanol–water partition coefficient (Wildman–Crippen LogP) is 2.04. The lowest BCUT2D eigenvalue weighted by Crippen LogP contribution is -2.39. The van der Waals surface area contributed by atoms with Crippen molar-refractivity contribution in [3.8, 4) is 11.4 Å². The van der Waals surface area contributed by atoms with E-state index in [1.54, 1.807) is 0 Å². The highest BCUT2D eigenvalue weighted by Crippen LogP contribution is 2.24. The standard InChI is InChI=1S/C16H21N5O2.2ClH/c1-23-10-13(17)16(22)18-12-7-5-11(6-8-12)15-20-19-14-4-2-3-9-21(14)15;;/h5-8,13H,2-4,9-10,17H2,1H3,(H,18,22);2*1H. The van der Waals surface area contributed by atoms with Crippen molar-refractivity contribution >= 4 is 36.4 Å². The van der Waals surface area contributed by atoms with Crippen LogP contribution in [0.4, 0.5) is 5.69 Å². The zero-order valence-corrected chi connectivity index (χ0v) is 15.6. The summed E-state index contributed by atoms with van der Waals surface area (Å²) in [5.74, 6) is 1.67. The molecule has 1 unspecified atom stereocenters. The van der Waals surface area contributed by atoms with Gasteiger partial charge in [0.2, 0.25) is 5.91 Å². The second kappa shape index (κ2) is 9.72. The Morgan fingerprint density at radius 2 is 2.00 bits per heavy atom. The zero-order valence-electron chi connectivity index (χ0n) is 14.0. The molecule has 9 heteroatoms. The number of hydrogen-bond acceptors (Lipinski definition) is 5. The van der Waals surface area contributed by atoms with E-state index in [1.165, 1.54) is 13.5 Å². The van der Waals surface area contributed by atoms with Crippen LogP contribution in [0.5, 0.6) is 0 Å². The molecule has 0 saturated carbocycles. The zero-order chi connectivity index (χ0) is 16.2. The SMILES string of the molecule is COCC(N)C(=O)Nc1ccc(-c2nnc3n2CCCC3)cc1.Cl.Cl. The quantitative estimate of drug-likeness (QED) is 0.818. The number of halogens is 2. The van der Waals surface area contributed by atoms with Gasteiger partial charge in [-0.2, -0.15) is 0 Å². The number of aromatic nitrogens is 3. The van der Waals surface area contributed by atoms with E-state index in [0.717, 1.165) is 36.6 Å². The molecule has 0 bridgehead atoms. The second-order valence-electron chi connectivity index (χ2n) is 5.68. The number of nitrogens with one attached hydrogen (secondary N) is 1. The van der Waals surface area contributed by atoms with E-state index in [9.17, 15) is 4.79 Å². The maximum absolute atomic E-state index is 11.9. The number of fused-ring (bicyclic) bond motifs is 1. The maximum Gasteiger partial charge on any atom is 0.243 e. The Bertz CT molecular complexity index is 690. The molecular weight excluding hydrogens is 365 g/mol. The molecule has 1 aliphatic heterocycles. The number of hydrogen-bond donors (Lipinski definition) is 2. The third kappa shape index (κ3) is 4.92. The summed E-state index contributed by atoms with van der Waals surface area (Å²) in [7, 11) is 1.52. The number of methoxy groups -OCH3 is 1. The summed E-state index contributed by atoms with van der Waals surface area (Å²) in [6.45, 7) is 1.15. The molecule has 3 N–H and O–H groups in total. The van der Waals surface area contributed by atoms with Gasteiger partial charge in [-0.05, 0) is 37.1 Å². The van der Waals surface area contributed by atoms with Crippen molar-refractivity contribution < 1.29 is 9.53 Å². The average Bonchev–Trinajstić information content (AvgIpc) is 3.00. The largest absolute Gasteiger partial charge is 0.383 e. The summed E-state index contributed by atoms with van der Waals surface area (Å²) in [6, 6.07) is 6.88. The van der Waals surface area contributed by atoms with Crippen LogP contribution in [0.15, 0.2) is 24.3 Å². The van der Waals surface area contributed by atoms with Crippen molar-refractivity contribution in [1.29, 1.82) is 0 Å². The lowest BCUT2D eigenvalue weighted by atomic mass is 10.1. The minimum atomic E-state index is -0.678. The van der Waals surface area contributed by atoms with E-state index in [1.807, 2.05) is 24.3 Å². The van der Waals surface area contributed by atoms with Crippen LogP contribution >= 0.6 is 24.8 Å². The van der Waals surface area contributed by atoms with Gasteiger partial charge in [-0.25, -0.2) is 0 Å². The van der Waals surface area contributed by atoms with Crippen LogP contribution in [-0.4, -0.2) is 40.4 Å². The Balaban J connectivity index is 0.00000156. The fourth-order valence-corrected chi connectivity index (χ4v) is 2.71. The number of benzene rings is 1. The summed E-state index contributed by atoms with van der Waals surface area (Å²) >= 11 is 0. The van der Waals surface area contributed by atoms with Gasteiger partial charge in [-0.1, -0.05) is 0 Å². The topological polar surface area (TPSA) is 95.1 Å². The number of carbonyl (C=O) groups is 1.